The SMILES string of the molecule is C=CCCC[Si](OC(C)(C)C)(OC(C)(C)C)OC(C)(C)C. The molecule has 126 valence electrons. The predicted octanol–water partition coefficient (Wildman–Crippen LogP) is 5.34. The van der Waals surface area contributed by atoms with Gasteiger partial charge in [0.2, 0.25) is 0 Å². The van der Waals surface area contributed by atoms with Crippen molar-refractivity contribution in [1.29, 1.82) is 0 Å². The van der Waals surface area contributed by atoms with Crippen LogP contribution in [-0.4, -0.2) is 25.6 Å². The second-order valence-electron chi connectivity index (χ2n) is 8.51. The Labute approximate surface area is 133 Å². The van der Waals surface area contributed by atoms with E-state index in [0.29, 0.717) is 0 Å². The standard InChI is InChI=1S/C17H36O3Si/c1-11-12-13-14-21(18-15(2,3)4,19-16(5,6)7)20-17(8,9)10/h11H,1,12-14H2,2-10H3. The van der Waals surface area contributed by atoms with Gasteiger partial charge in [-0.2, -0.15) is 0 Å². The number of hydrogen-bond acceptors (Lipinski definition) is 3. The molecule has 0 aliphatic rings. The molecular weight excluding hydrogens is 280 g/mol. The lowest BCUT2D eigenvalue weighted by molar-refractivity contribution is -0.0754. The van der Waals surface area contributed by atoms with Crippen LogP contribution in [0.3, 0.4) is 0 Å². The molecule has 0 amide bonds. The molecule has 0 saturated carbocycles. The third kappa shape index (κ3) is 11.1. The van der Waals surface area contributed by atoms with Gasteiger partial charge in [-0.25, -0.2) is 0 Å². The highest BCUT2D eigenvalue weighted by Gasteiger charge is 2.49. The van der Waals surface area contributed by atoms with Gasteiger partial charge >= 0.3 is 8.80 Å². The summed E-state index contributed by atoms with van der Waals surface area (Å²) in [6, 6.07) is 0.810. The average Bonchev–Trinajstić information content (AvgIpc) is 2.08. The molecule has 21 heavy (non-hydrogen) atoms. The minimum atomic E-state index is -2.79. The van der Waals surface area contributed by atoms with E-state index in [1.165, 1.54) is 0 Å². The molecule has 0 aliphatic heterocycles. The molecule has 0 radical (unpaired) electrons. The van der Waals surface area contributed by atoms with Crippen molar-refractivity contribution in [2.75, 3.05) is 0 Å². The van der Waals surface area contributed by atoms with Crippen LogP contribution in [0.4, 0.5) is 0 Å². The number of allylic oxidation sites excluding steroid dienone is 1. The van der Waals surface area contributed by atoms with Gasteiger partial charge in [-0.3, -0.25) is 0 Å². The molecule has 0 aliphatic carbocycles. The molecule has 0 N–H and O–H groups in total. The summed E-state index contributed by atoms with van der Waals surface area (Å²) in [4.78, 5) is 0. The third-order valence-electron chi connectivity index (χ3n) is 2.28. The van der Waals surface area contributed by atoms with Crippen LogP contribution in [0.5, 0.6) is 0 Å². The normalized spacial score (nSPS) is 14.3. The fraction of sp³-hybridized carbons (Fsp3) is 0.882. The van der Waals surface area contributed by atoms with Crippen molar-refractivity contribution in [2.24, 2.45) is 0 Å². The fourth-order valence-electron chi connectivity index (χ4n) is 2.08. The fourth-order valence-corrected chi connectivity index (χ4v) is 5.95. The molecule has 0 unspecified atom stereocenters. The van der Waals surface area contributed by atoms with Crippen molar-refractivity contribution in [3.8, 4) is 0 Å². The summed E-state index contributed by atoms with van der Waals surface area (Å²) >= 11 is 0. The van der Waals surface area contributed by atoms with E-state index >= 15 is 0 Å². The Bertz CT molecular complexity index is 278. The van der Waals surface area contributed by atoms with Gasteiger partial charge in [0.1, 0.15) is 0 Å². The molecule has 0 spiro atoms. The Morgan fingerprint density at radius 3 is 1.33 bits per heavy atom. The van der Waals surface area contributed by atoms with Gasteiger partial charge in [0.15, 0.2) is 0 Å². The Morgan fingerprint density at radius 2 is 1.10 bits per heavy atom. The lowest BCUT2D eigenvalue weighted by Crippen LogP contribution is -2.57. The summed E-state index contributed by atoms with van der Waals surface area (Å²) in [5.41, 5.74) is -0.884. The van der Waals surface area contributed by atoms with Gasteiger partial charge in [-0.05, 0) is 75.2 Å². The van der Waals surface area contributed by atoms with Crippen molar-refractivity contribution in [2.45, 2.75) is 98.0 Å². The maximum Gasteiger partial charge on any atom is 0.502 e. The third-order valence-corrected chi connectivity index (χ3v) is 6.01. The average molecular weight is 317 g/mol. The molecule has 0 rings (SSSR count). The van der Waals surface area contributed by atoms with E-state index in [4.69, 9.17) is 13.3 Å². The molecule has 0 aromatic carbocycles. The highest BCUT2D eigenvalue weighted by molar-refractivity contribution is 6.61. The van der Waals surface area contributed by atoms with Crippen LogP contribution in [0.2, 0.25) is 6.04 Å². The molecule has 0 atom stereocenters. The minimum absolute atomic E-state index is 0.295. The van der Waals surface area contributed by atoms with E-state index in [1.54, 1.807) is 0 Å². The van der Waals surface area contributed by atoms with Crippen LogP contribution in [0.15, 0.2) is 12.7 Å². The van der Waals surface area contributed by atoms with Crippen LogP contribution >= 0.6 is 0 Å². The Kier molecular flexibility index (Phi) is 7.34. The maximum atomic E-state index is 6.38. The van der Waals surface area contributed by atoms with Crippen molar-refractivity contribution in [1.82, 2.24) is 0 Å². The Balaban J connectivity index is 5.40. The molecule has 3 nitrogen and oxygen atoms in total. The second kappa shape index (κ2) is 7.40. The smallest absolute Gasteiger partial charge is 0.368 e. The zero-order valence-corrected chi connectivity index (χ0v) is 16.6. The van der Waals surface area contributed by atoms with E-state index in [2.05, 4.69) is 68.9 Å². The van der Waals surface area contributed by atoms with Gasteiger partial charge in [0.25, 0.3) is 0 Å². The van der Waals surface area contributed by atoms with Gasteiger partial charge in [-0.15, -0.1) is 6.58 Å². The number of rotatable bonds is 7. The first-order valence-corrected chi connectivity index (χ1v) is 9.83. The summed E-state index contributed by atoms with van der Waals surface area (Å²) < 4.78 is 19.2. The summed E-state index contributed by atoms with van der Waals surface area (Å²) in [5, 5.41) is 0. The number of hydrogen-bond donors (Lipinski definition) is 0. The summed E-state index contributed by atoms with van der Waals surface area (Å²) in [7, 11) is -2.79. The quantitative estimate of drug-likeness (QED) is 0.360. The topological polar surface area (TPSA) is 27.7 Å². The van der Waals surface area contributed by atoms with Crippen molar-refractivity contribution < 1.29 is 13.3 Å². The molecule has 0 saturated heterocycles. The molecule has 0 aromatic rings. The van der Waals surface area contributed by atoms with Gasteiger partial charge in [0.05, 0.1) is 16.8 Å². The highest BCUT2D eigenvalue weighted by atomic mass is 28.4. The van der Waals surface area contributed by atoms with Gasteiger partial charge < -0.3 is 13.3 Å². The molecule has 0 heterocycles. The lowest BCUT2D eigenvalue weighted by Gasteiger charge is -2.43. The zero-order valence-electron chi connectivity index (χ0n) is 15.6. The molecular formula is C17H36O3Si. The van der Waals surface area contributed by atoms with Crippen LogP contribution in [0, 0.1) is 0 Å². The Morgan fingerprint density at radius 1 is 0.762 bits per heavy atom. The summed E-state index contributed by atoms with van der Waals surface area (Å²) in [6.07, 6.45) is 3.85. The van der Waals surface area contributed by atoms with E-state index in [9.17, 15) is 0 Å². The van der Waals surface area contributed by atoms with E-state index in [0.717, 1.165) is 18.9 Å². The highest BCUT2D eigenvalue weighted by Crippen LogP contribution is 2.32. The van der Waals surface area contributed by atoms with Crippen LogP contribution in [0.25, 0.3) is 0 Å². The van der Waals surface area contributed by atoms with Gasteiger partial charge in [0, 0.05) is 6.04 Å². The Hall–Kier alpha value is -0.163. The second-order valence-corrected chi connectivity index (χ2v) is 11.0. The molecule has 0 aromatic heterocycles. The first kappa shape index (κ1) is 20.8. The first-order valence-electron chi connectivity index (χ1n) is 7.89. The summed E-state index contributed by atoms with van der Waals surface area (Å²) in [6.45, 7) is 22.3. The zero-order chi connectivity index (χ0) is 16.9. The minimum Gasteiger partial charge on any atom is -0.368 e. The molecule has 0 fully saturated rings. The van der Waals surface area contributed by atoms with Crippen molar-refractivity contribution in [3.63, 3.8) is 0 Å². The van der Waals surface area contributed by atoms with E-state index in [-0.39, 0.29) is 16.8 Å². The van der Waals surface area contributed by atoms with Crippen LogP contribution in [-0.2, 0) is 13.3 Å². The van der Waals surface area contributed by atoms with E-state index in [1.807, 2.05) is 6.08 Å². The number of unbranched alkanes of at least 4 members (excludes halogenated alkanes) is 1. The predicted molar refractivity (Wildman–Crippen MR) is 92.5 cm³/mol. The van der Waals surface area contributed by atoms with Crippen molar-refractivity contribution >= 4 is 8.80 Å². The lowest BCUT2D eigenvalue weighted by atomic mass is 10.2. The largest absolute Gasteiger partial charge is 0.502 e. The van der Waals surface area contributed by atoms with E-state index < -0.39 is 8.80 Å². The molecule has 4 heteroatoms. The summed E-state index contributed by atoms with van der Waals surface area (Å²) in [5.74, 6) is 0. The van der Waals surface area contributed by atoms with Gasteiger partial charge in [-0.1, -0.05) is 6.08 Å². The van der Waals surface area contributed by atoms with Crippen LogP contribution < -0.4 is 0 Å². The van der Waals surface area contributed by atoms with Crippen molar-refractivity contribution in [3.05, 3.63) is 12.7 Å². The van der Waals surface area contributed by atoms with Crippen LogP contribution in [0.1, 0.15) is 75.2 Å². The molecule has 0 bridgehead atoms. The maximum absolute atomic E-state index is 6.38. The first-order chi connectivity index (χ1) is 9.18. The monoisotopic (exact) mass is 316 g/mol.